The van der Waals surface area contributed by atoms with E-state index in [0.717, 1.165) is 25.8 Å². The minimum Gasteiger partial charge on any atom is -0.383 e. The van der Waals surface area contributed by atoms with E-state index in [9.17, 15) is 0 Å². The fraction of sp³-hybridized carbons (Fsp3) is 0.368. The monoisotopic (exact) mass is 282 g/mol. The van der Waals surface area contributed by atoms with Crippen molar-refractivity contribution in [1.82, 2.24) is 0 Å². The van der Waals surface area contributed by atoms with Gasteiger partial charge in [0.1, 0.15) is 0 Å². The van der Waals surface area contributed by atoms with Crippen LogP contribution in [0.15, 0.2) is 54.6 Å². The summed E-state index contributed by atoms with van der Waals surface area (Å²) in [4.78, 5) is 0. The first kappa shape index (κ1) is 15.6. The summed E-state index contributed by atoms with van der Waals surface area (Å²) in [7, 11) is 0. The second-order valence-electron chi connectivity index (χ2n) is 5.74. The zero-order valence-electron chi connectivity index (χ0n) is 13.1. The Labute approximate surface area is 128 Å². The molecule has 0 atom stereocenters. The van der Waals surface area contributed by atoms with Crippen LogP contribution in [0.3, 0.4) is 0 Å². The van der Waals surface area contributed by atoms with Gasteiger partial charge in [-0.1, -0.05) is 62.4 Å². The summed E-state index contributed by atoms with van der Waals surface area (Å²) in [6.45, 7) is 5.12. The molecule has 0 spiro atoms. The van der Waals surface area contributed by atoms with Gasteiger partial charge in [-0.2, -0.15) is 0 Å². The minimum atomic E-state index is -0.125. The Morgan fingerprint density at radius 1 is 0.905 bits per heavy atom. The molecular formula is C19H26N2. The van der Waals surface area contributed by atoms with E-state index >= 15 is 0 Å². The van der Waals surface area contributed by atoms with Crippen molar-refractivity contribution in [3.63, 3.8) is 0 Å². The first-order chi connectivity index (χ1) is 10.2. The molecule has 2 heteroatoms. The number of anilines is 1. The molecule has 0 aromatic heterocycles. The predicted molar refractivity (Wildman–Crippen MR) is 91.7 cm³/mol. The van der Waals surface area contributed by atoms with Gasteiger partial charge in [0.2, 0.25) is 0 Å². The lowest BCUT2D eigenvalue weighted by molar-refractivity contribution is 0.418. The van der Waals surface area contributed by atoms with Crippen molar-refractivity contribution in [2.75, 3.05) is 11.9 Å². The average molecular weight is 282 g/mol. The second kappa shape index (κ2) is 7.28. The third-order valence-electron chi connectivity index (χ3n) is 4.29. The van der Waals surface area contributed by atoms with Crippen molar-refractivity contribution in [3.8, 4) is 0 Å². The van der Waals surface area contributed by atoms with E-state index in [1.807, 2.05) is 0 Å². The van der Waals surface area contributed by atoms with Gasteiger partial charge < -0.3 is 11.1 Å². The van der Waals surface area contributed by atoms with Crippen LogP contribution in [-0.2, 0) is 6.42 Å². The number of nitrogens with one attached hydrogen (secondary N) is 1. The molecule has 0 saturated carbocycles. The summed E-state index contributed by atoms with van der Waals surface area (Å²) in [5, 5.41) is 3.55. The zero-order valence-corrected chi connectivity index (χ0v) is 13.1. The summed E-state index contributed by atoms with van der Waals surface area (Å²) in [5.41, 5.74) is 10.1. The molecule has 2 rings (SSSR count). The quantitative estimate of drug-likeness (QED) is 0.798. The van der Waals surface area contributed by atoms with Crippen LogP contribution in [0.2, 0.25) is 0 Å². The smallest absolute Gasteiger partial charge is 0.0376 e. The van der Waals surface area contributed by atoms with Gasteiger partial charge in [-0.3, -0.25) is 0 Å². The van der Waals surface area contributed by atoms with Gasteiger partial charge >= 0.3 is 0 Å². The summed E-state index contributed by atoms with van der Waals surface area (Å²) in [6.07, 6.45) is 2.91. The van der Waals surface area contributed by atoms with Gasteiger partial charge in [-0.05, 0) is 36.5 Å². The van der Waals surface area contributed by atoms with E-state index in [2.05, 4.69) is 73.8 Å². The van der Waals surface area contributed by atoms with Crippen molar-refractivity contribution < 1.29 is 0 Å². The zero-order chi connectivity index (χ0) is 15.1. The maximum atomic E-state index is 6.38. The number of nitrogens with two attached hydrogens (primary N) is 1. The Morgan fingerprint density at radius 2 is 1.52 bits per heavy atom. The molecule has 0 heterocycles. The first-order valence-corrected chi connectivity index (χ1v) is 7.81. The van der Waals surface area contributed by atoms with Crippen LogP contribution < -0.4 is 11.1 Å². The number of benzene rings is 2. The molecule has 0 saturated heterocycles. The lowest BCUT2D eigenvalue weighted by Crippen LogP contribution is -2.45. The van der Waals surface area contributed by atoms with Gasteiger partial charge in [0.25, 0.3) is 0 Å². The molecule has 0 radical (unpaired) electrons. The fourth-order valence-electron chi connectivity index (χ4n) is 2.43. The fourth-order valence-corrected chi connectivity index (χ4v) is 2.43. The molecule has 112 valence electrons. The molecule has 0 aliphatic rings. The molecule has 0 amide bonds. The maximum Gasteiger partial charge on any atom is 0.0376 e. The minimum absolute atomic E-state index is 0.125. The normalized spacial score (nSPS) is 11.4. The Balaban J connectivity index is 2.10. The molecule has 2 aromatic carbocycles. The second-order valence-corrected chi connectivity index (χ2v) is 5.74. The number of para-hydroxylation sites is 1. The molecule has 3 N–H and O–H groups in total. The summed E-state index contributed by atoms with van der Waals surface area (Å²) in [6, 6.07) is 19.1. The van der Waals surface area contributed by atoms with Crippen molar-refractivity contribution in [2.45, 2.75) is 38.6 Å². The van der Waals surface area contributed by atoms with E-state index in [0.29, 0.717) is 0 Å². The highest BCUT2D eigenvalue weighted by molar-refractivity contribution is 5.53. The highest BCUT2D eigenvalue weighted by Crippen LogP contribution is 2.21. The Bertz CT molecular complexity index is 545. The summed E-state index contributed by atoms with van der Waals surface area (Å²) < 4.78 is 0. The van der Waals surface area contributed by atoms with Crippen LogP contribution in [0.4, 0.5) is 5.69 Å². The Morgan fingerprint density at radius 3 is 2.19 bits per heavy atom. The SMILES string of the molecule is CCC(N)(CC)CNc1ccccc1Cc1ccccc1. The molecule has 2 nitrogen and oxygen atoms in total. The van der Waals surface area contributed by atoms with Gasteiger partial charge in [0.05, 0.1) is 0 Å². The highest BCUT2D eigenvalue weighted by atomic mass is 14.9. The lowest BCUT2D eigenvalue weighted by atomic mass is 9.94. The summed E-state index contributed by atoms with van der Waals surface area (Å²) in [5.74, 6) is 0. The van der Waals surface area contributed by atoms with Crippen LogP contribution in [0.1, 0.15) is 37.8 Å². The van der Waals surface area contributed by atoms with Crippen LogP contribution >= 0.6 is 0 Å². The maximum absolute atomic E-state index is 6.38. The standard InChI is InChI=1S/C19H26N2/c1-3-19(20,4-2)15-21-18-13-9-8-12-17(18)14-16-10-6-5-7-11-16/h5-13,21H,3-4,14-15,20H2,1-2H3. The van der Waals surface area contributed by atoms with Gasteiger partial charge in [-0.15, -0.1) is 0 Å². The van der Waals surface area contributed by atoms with Crippen LogP contribution in [0.25, 0.3) is 0 Å². The Kier molecular flexibility index (Phi) is 5.40. The largest absolute Gasteiger partial charge is 0.383 e. The van der Waals surface area contributed by atoms with E-state index in [-0.39, 0.29) is 5.54 Å². The Hall–Kier alpha value is -1.80. The van der Waals surface area contributed by atoms with Crippen LogP contribution in [-0.4, -0.2) is 12.1 Å². The summed E-state index contributed by atoms with van der Waals surface area (Å²) >= 11 is 0. The average Bonchev–Trinajstić information content (AvgIpc) is 2.55. The van der Waals surface area contributed by atoms with Crippen molar-refractivity contribution in [2.24, 2.45) is 5.73 Å². The molecule has 0 aliphatic carbocycles. The van der Waals surface area contributed by atoms with Gasteiger partial charge in [-0.25, -0.2) is 0 Å². The third kappa shape index (κ3) is 4.33. The predicted octanol–water partition coefficient (Wildman–Crippen LogP) is 4.21. The first-order valence-electron chi connectivity index (χ1n) is 7.81. The van der Waals surface area contributed by atoms with Gasteiger partial charge in [0, 0.05) is 17.8 Å². The number of rotatable bonds is 7. The lowest BCUT2D eigenvalue weighted by Gasteiger charge is -2.28. The molecule has 0 bridgehead atoms. The number of hydrogen-bond acceptors (Lipinski definition) is 2. The van der Waals surface area contributed by atoms with E-state index in [1.54, 1.807) is 0 Å². The number of hydrogen-bond donors (Lipinski definition) is 2. The molecule has 0 fully saturated rings. The van der Waals surface area contributed by atoms with Crippen LogP contribution in [0.5, 0.6) is 0 Å². The van der Waals surface area contributed by atoms with E-state index in [1.165, 1.54) is 16.8 Å². The molecular weight excluding hydrogens is 256 g/mol. The van der Waals surface area contributed by atoms with Crippen molar-refractivity contribution in [1.29, 1.82) is 0 Å². The molecule has 0 unspecified atom stereocenters. The van der Waals surface area contributed by atoms with Crippen molar-refractivity contribution in [3.05, 3.63) is 65.7 Å². The highest BCUT2D eigenvalue weighted by Gasteiger charge is 2.19. The molecule has 21 heavy (non-hydrogen) atoms. The van der Waals surface area contributed by atoms with Crippen LogP contribution in [0, 0.1) is 0 Å². The van der Waals surface area contributed by atoms with E-state index < -0.39 is 0 Å². The van der Waals surface area contributed by atoms with E-state index in [4.69, 9.17) is 5.73 Å². The molecule has 2 aromatic rings. The molecule has 0 aliphatic heterocycles. The third-order valence-corrected chi connectivity index (χ3v) is 4.29. The van der Waals surface area contributed by atoms with Crippen molar-refractivity contribution >= 4 is 5.69 Å². The topological polar surface area (TPSA) is 38.0 Å². The van der Waals surface area contributed by atoms with Gasteiger partial charge in [0.15, 0.2) is 0 Å².